The summed E-state index contributed by atoms with van der Waals surface area (Å²) in [5.41, 5.74) is -0.946. The van der Waals surface area contributed by atoms with Gasteiger partial charge < -0.3 is 0 Å². The number of thiazole rings is 1. The Morgan fingerprint density at radius 2 is 1.91 bits per heavy atom. The van der Waals surface area contributed by atoms with Crippen LogP contribution in [0.25, 0.3) is 0 Å². The van der Waals surface area contributed by atoms with Crippen molar-refractivity contribution in [2.75, 3.05) is 14.1 Å². The van der Waals surface area contributed by atoms with Crippen LogP contribution in [-0.2, 0) is 22.6 Å². The maximum absolute atomic E-state index is 13.0. The predicted molar refractivity (Wildman–Crippen MR) is 79.8 cm³/mol. The number of hydrogen-bond acceptors (Lipinski definition) is 4. The Morgan fingerprint density at radius 3 is 2.41 bits per heavy atom. The molecule has 120 valence electrons. The first-order valence-electron chi connectivity index (χ1n) is 6.20. The Labute approximate surface area is 130 Å². The van der Waals surface area contributed by atoms with Crippen molar-refractivity contribution < 1.29 is 17.4 Å². The van der Waals surface area contributed by atoms with Crippen LogP contribution in [0.2, 0.25) is 0 Å². The molecule has 1 aromatic carbocycles. The van der Waals surface area contributed by atoms with Crippen LogP contribution in [0.5, 0.6) is 0 Å². The first-order valence-corrected chi connectivity index (χ1v) is 8.56. The van der Waals surface area contributed by atoms with E-state index >= 15 is 0 Å². The van der Waals surface area contributed by atoms with Gasteiger partial charge in [0.05, 0.1) is 4.90 Å². The van der Waals surface area contributed by atoms with Gasteiger partial charge in [-0.2, -0.15) is 13.2 Å². The number of halogens is 3. The second-order valence-electron chi connectivity index (χ2n) is 4.53. The van der Waals surface area contributed by atoms with Gasteiger partial charge in [-0.15, -0.1) is 11.3 Å². The highest BCUT2D eigenvalue weighted by Crippen LogP contribution is 2.30. The summed E-state index contributed by atoms with van der Waals surface area (Å²) in [4.78, 5) is 4.00. The van der Waals surface area contributed by atoms with Crippen LogP contribution in [0.1, 0.15) is 10.7 Å². The summed E-state index contributed by atoms with van der Waals surface area (Å²) in [7, 11) is 0.361. The summed E-state index contributed by atoms with van der Waals surface area (Å²) in [6.07, 6.45) is -4.48. The van der Waals surface area contributed by atoms with Crippen LogP contribution in [0.3, 0.4) is 0 Å². The number of nitrogens with zero attached hydrogens (tertiary/aromatic N) is 3. The molecule has 0 spiro atoms. The van der Waals surface area contributed by atoms with Crippen LogP contribution in [0.15, 0.2) is 45.0 Å². The van der Waals surface area contributed by atoms with Gasteiger partial charge in [0.25, 0.3) is 0 Å². The third-order valence-electron chi connectivity index (χ3n) is 2.76. The normalized spacial score (nSPS) is 14.8. The molecule has 0 aliphatic carbocycles. The van der Waals surface area contributed by atoms with E-state index in [0.29, 0.717) is 4.90 Å². The average molecular weight is 349 g/mol. The highest BCUT2D eigenvalue weighted by atomic mass is 32.2. The van der Waals surface area contributed by atoms with Gasteiger partial charge in [-0.05, 0) is 12.1 Å². The molecule has 0 bridgehead atoms. The Kier molecular flexibility index (Phi) is 4.88. The smallest absolute Gasteiger partial charge is 0.235 e. The van der Waals surface area contributed by atoms with Gasteiger partial charge >= 0.3 is 6.18 Å². The first kappa shape index (κ1) is 16.9. The van der Waals surface area contributed by atoms with Crippen LogP contribution < -0.4 is 0 Å². The van der Waals surface area contributed by atoms with Crippen LogP contribution in [-0.4, -0.2) is 27.6 Å². The zero-order valence-corrected chi connectivity index (χ0v) is 13.5. The number of aromatic nitrogens is 1. The lowest BCUT2D eigenvalue weighted by molar-refractivity contribution is -0.140. The summed E-state index contributed by atoms with van der Waals surface area (Å²) in [5, 5.41) is 1.11. The van der Waals surface area contributed by atoms with E-state index < -0.39 is 21.8 Å². The molecule has 2 rings (SSSR count). The van der Waals surface area contributed by atoms with Gasteiger partial charge in [-0.25, -0.2) is 17.9 Å². The molecule has 0 aliphatic heterocycles. The standard InChI is InChI=1S/C13H14F3N3OS2/c1-19(2)22(20,10-6-4-3-5-7-10)17-8-12-18-11(9-21-12)13(14,15)16/h3-7,9H,8H2,1-2H3/t22-/m1/s1. The number of hydrogen-bond donors (Lipinski definition) is 0. The van der Waals surface area contributed by atoms with Gasteiger partial charge in [0.2, 0.25) is 0 Å². The van der Waals surface area contributed by atoms with Gasteiger partial charge in [0, 0.05) is 19.5 Å². The molecule has 1 heterocycles. The summed E-state index contributed by atoms with van der Waals surface area (Å²) in [6.45, 7) is -0.132. The Morgan fingerprint density at radius 1 is 1.27 bits per heavy atom. The average Bonchev–Trinajstić information content (AvgIpc) is 2.94. The largest absolute Gasteiger partial charge is 0.434 e. The fourth-order valence-electron chi connectivity index (χ4n) is 1.66. The summed E-state index contributed by atoms with van der Waals surface area (Å²) in [6, 6.07) is 8.61. The molecule has 2 aromatic rings. The quantitative estimate of drug-likeness (QED) is 0.845. The minimum absolute atomic E-state index is 0.132. The molecular formula is C13H14F3N3OS2. The van der Waals surface area contributed by atoms with Gasteiger partial charge in [0.15, 0.2) is 5.69 Å². The number of rotatable bonds is 4. The molecule has 9 heteroatoms. The maximum atomic E-state index is 13.0. The topological polar surface area (TPSA) is 45.6 Å². The highest BCUT2D eigenvalue weighted by molar-refractivity contribution is 7.91. The van der Waals surface area contributed by atoms with Gasteiger partial charge in [-0.3, -0.25) is 0 Å². The van der Waals surface area contributed by atoms with E-state index in [1.807, 2.05) is 0 Å². The summed E-state index contributed by atoms with van der Waals surface area (Å²) >= 11 is 0.855. The van der Waals surface area contributed by atoms with Crippen molar-refractivity contribution in [1.82, 2.24) is 9.29 Å². The molecule has 0 saturated carbocycles. The van der Waals surface area contributed by atoms with Crippen molar-refractivity contribution in [3.05, 3.63) is 46.4 Å². The van der Waals surface area contributed by atoms with Gasteiger partial charge in [0.1, 0.15) is 21.5 Å². The lowest BCUT2D eigenvalue weighted by Gasteiger charge is -2.17. The van der Waals surface area contributed by atoms with E-state index in [1.54, 1.807) is 44.4 Å². The Bertz CT molecular complexity index is 747. The number of benzene rings is 1. The maximum Gasteiger partial charge on any atom is 0.434 e. The molecule has 0 saturated heterocycles. The van der Waals surface area contributed by atoms with E-state index in [1.165, 1.54) is 4.31 Å². The molecule has 0 aliphatic rings. The van der Waals surface area contributed by atoms with Crippen LogP contribution >= 0.6 is 11.3 Å². The molecule has 0 unspecified atom stereocenters. The van der Waals surface area contributed by atoms with E-state index in [0.717, 1.165) is 16.7 Å². The van der Waals surface area contributed by atoms with Crippen molar-refractivity contribution in [3.63, 3.8) is 0 Å². The zero-order valence-electron chi connectivity index (χ0n) is 11.9. The fourth-order valence-corrected chi connectivity index (χ4v) is 4.07. The highest BCUT2D eigenvalue weighted by Gasteiger charge is 2.33. The fraction of sp³-hybridized carbons (Fsp3) is 0.308. The van der Waals surface area contributed by atoms with E-state index in [-0.39, 0.29) is 11.6 Å². The first-order chi connectivity index (χ1) is 10.2. The SMILES string of the molecule is CN(C)[S@](=O)(=NCc1nc(C(F)(F)F)cs1)c1ccccc1. The minimum atomic E-state index is -4.48. The van der Waals surface area contributed by atoms with Crippen molar-refractivity contribution >= 4 is 21.3 Å². The van der Waals surface area contributed by atoms with E-state index in [2.05, 4.69) is 9.35 Å². The Balaban J connectivity index is 2.33. The van der Waals surface area contributed by atoms with Crippen LogP contribution in [0, 0.1) is 0 Å². The second kappa shape index (κ2) is 6.35. The molecule has 1 atom stereocenters. The van der Waals surface area contributed by atoms with Crippen LogP contribution in [0.4, 0.5) is 13.2 Å². The minimum Gasteiger partial charge on any atom is -0.235 e. The van der Waals surface area contributed by atoms with Gasteiger partial charge in [-0.1, -0.05) is 18.2 Å². The van der Waals surface area contributed by atoms with E-state index in [9.17, 15) is 17.4 Å². The van der Waals surface area contributed by atoms with Crippen molar-refractivity contribution in [3.8, 4) is 0 Å². The molecule has 0 radical (unpaired) electrons. The van der Waals surface area contributed by atoms with Crippen molar-refractivity contribution in [1.29, 1.82) is 0 Å². The summed E-state index contributed by atoms with van der Waals surface area (Å²) < 4.78 is 56.1. The summed E-state index contributed by atoms with van der Waals surface area (Å²) in [5.74, 6) is 0. The third-order valence-corrected chi connectivity index (χ3v) is 5.95. The predicted octanol–water partition coefficient (Wildman–Crippen LogP) is 3.67. The number of alkyl halides is 3. The molecule has 22 heavy (non-hydrogen) atoms. The molecule has 0 fully saturated rings. The third kappa shape index (κ3) is 3.65. The lowest BCUT2D eigenvalue weighted by atomic mass is 10.4. The molecule has 1 aromatic heterocycles. The molecule has 0 amide bonds. The Hall–Kier alpha value is -1.45. The van der Waals surface area contributed by atoms with E-state index in [4.69, 9.17) is 0 Å². The zero-order chi connectivity index (χ0) is 16.4. The van der Waals surface area contributed by atoms with Crippen molar-refractivity contribution in [2.24, 2.45) is 4.36 Å². The molecular weight excluding hydrogens is 335 g/mol. The molecule has 4 nitrogen and oxygen atoms in total. The molecule has 0 N–H and O–H groups in total. The van der Waals surface area contributed by atoms with Crippen molar-refractivity contribution in [2.45, 2.75) is 17.6 Å². The monoisotopic (exact) mass is 349 g/mol. The second-order valence-corrected chi connectivity index (χ2v) is 7.93. The lowest BCUT2D eigenvalue weighted by Crippen LogP contribution is -2.22.